The van der Waals surface area contributed by atoms with Gasteiger partial charge in [-0.3, -0.25) is 0 Å². The topological polar surface area (TPSA) is 104 Å². The summed E-state index contributed by atoms with van der Waals surface area (Å²) in [5.74, 6) is -1.65. The van der Waals surface area contributed by atoms with Gasteiger partial charge in [0.2, 0.25) is 10.0 Å². The van der Waals surface area contributed by atoms with Crippen molar-refractivity contribution < 1.29 is 23.0 Å². The highest BCUT2D eigenvalue weighted by Gasteiger charge is 2.31. The Hall–Kier alpha value is -2.00. The summed E-state index contributed by atoms with van der Waals surface area (Å²) >= 11 is 0. The van der Waals surface area contributed by atoms with Gasteiger partial charge >= 0.3 is 0 Å². The van der Waals surface area contributed by atoms with Gasteiger partial charge in [-0.15, -0.1) is 0 Å². The third kappa shape index (κ3) is 5.99. The Morgan fingerprint density at radius 2 is 1.76 bits per heavy atom. The lowest BCUT2D eigenvalue weighted by Crippen LogP contribution is -2.47. The van der Waals surface area contributed by atoms with E-state index in [1.54, 1.807) is 0 Å². The third-order valence-corrected chi connectivity index (χ3v) is 6.60. The lowest BCUT2D eigenvalue weighted by molar-refractivity contribution is 0.116. The molecule has 2 aromatic rings. The standard InChI is InChI=1S/C21H29FN2O4S/c1-14(2)12-24(13-20(26)18(23)10-16-7-5-4-6-8-16)29(27,28)21-11-17(22)19(25)9-15(21)3/h4-9,11,14,18,20,25-26H,10,12-13,23H2,1-3H3. The van der Waals surface area contributed by atoms with Crippen LogP contribution < -0.4 is 5.73 Å². The molecule has 0 aliphatic rings. The summed E-state index contributed by atoms with van der Waals surface area (Å²) in [6, 6.07) is 10.6. The van der Waals surface area contributed by atoms with E-state index in [1.165, 1.54) is 6.92 Å². The minimum absolute atomic E-state index is 0.0235. The van der Waals surface area contributed by atoms with Crippen LogP contribution in [0.25, 0.3) is 0 Å². The smallest absolute Gasteiger partial charge is 0.243 e. The minimum Gasteiger partial charge on any atom is -0.505 e. The Morgan fingerprint density at radius 3 is 2.34 bits per heavy atom. The van der Waals surface area contributed by atoms with Crippen LogP contribution in [0.1, 0.15) is 25.0 Å². The van der Waals surface area contributed by atoms with Crippen molar-refractivity contribution in [3.8, 4) is 5.75 Å². The Balaban J connectivity index is 2.27. The van der Waals surface area contributed by atoms with Crippen LogP contribution in [0, 0.1) is 18.7 Å². The number of aliphatic hydroxyl groups excluding tert-OH is 1. The number of benzene rings is 2. The van der Waals surface area contributed by atoms with Gasteiger partial charge in [-0.2, -0.15) is 4.31 Å². The molecule has 0 aliphatic heterocycles. The lowest BCUT2D eigenvalue weighted by Gasteiger charge is -2.29. The van der Waals surface area contributed by atoms with Gasteiger partial charge < -0.3 is 15.9 Å². The lowest BCUT2D eigenvalue weighted by atomic mass is 10.0. The first-order valence-electron chi connectivity index (χ1n) is 9.49. The van der Waals surface area contributed by atoms with Crippen LogP contribution in [0.4, 0.5) is 4.39 Å². The van der Waals surface area contributed by atoms with Crippen LogP contribution in [0.5, 0.6) is 5.75 Å². The van der Waals surface area contributed by atoms with E-state index in [0.29, 0.717) is 6.42 Å². The molecule has 2 atom stereocenters. The maximum absolute atomic E-state index is 13.8. The number of halogens is 1. The van der Waals surface area contributed by atoms with Crippen molar-refractivity contribution in [2.45, 2.75) is 44.2 Å². The average Bonchev–Trinajstić information content (AvgIpc) is 2.64. The molecular weight excluding hydrogens is 395 g/mol. The zero-order valence-corrected chi connectivity index (χ0v) is 17.7. The summed E-state index contributed by atoms with van der Waals surface area (Å²) < 4.78 is 41.4. The number of hydrogen-bond donors (Lipinski definition) is 3. The third-order valence-electron chi connectivity index (χ3n) is 4.63. The highest BCUT2D eigenvalue weighted by atomic mass is 32.2. The van der Waals surface area contributed by atoms with Crippen LogP contribution in [0.3, 0.4) is 0 Å². The fourth-order valence-electron chi connectivity index (χ4n) is 3.11. The van der Waals surface area contributed by atoms with Crippen molar-refractivity contribution in [2.24, 2.45) is 11.7 Å². The van der Waals surface area contributed by atoms with Crippen LogP contribution in [0.2, 0.25) is 0 Å². The molecule has 2 aromatic carbocycles. The van der Waals surface area contributed by atoms with E-state index in [9.17, 15) is 23.0 Å². The molecule has 29 heavy (non-hydrogen) atoms. The van der Waals surface area contributed by atoms with E-state index in [0.717, 1.165) is 22.0 Å². The Bertz CT molecular complexity index is 920. The molecule has 2 unspecified atom stereocenters. The SMILES string of the molecule is Cc1cc(O)c(F)cc1S(=O)(=O)N(CC(C)C)CC(O)C(N)Cc1ccccc1. The molecule has 0 bridgehead atoms. The second-order valence-electron chi connectivity index (χ2n) is 7.71. The normalized spacial score (nSPS) is 14.3. The molecule has 0 saturated heterocycles. The van der Waals surface area contributed by atoms with E-state index >= 15 is 0 Å². The maximum atomic E-state index is 13.8. The summed E-state index contributed by atoms with van der Waals surface area (Å²) in [4.78, 5) is -0.239. The molecule has 0 aliphatic carbocycles. The van der Waals surface area contributed by atoms with Crippen LogP contribution in [0.15, 0.2) is 47.4 Å². The fraction of sp³-hybridized carbons (Fsp3) is 0.429. The highest BCUT2D eigenvalue weighted by molar-refractivity contribution is 7.89. The molecule has 8 heteroatoms. The van der Waals surface area contributed by atoms with Crippen molar-refractivity contribution in [1.29, 1.82) is 0 Å². The molecule has 0 aromatic heterocycles. The van der Waals surface area contributed by atoms with E-state index in [-0.39, 0.29) is 29.5 Å². The monoisotopic (exact) mass is 424 g/mol. The Morgan fingerprint density at radius 1 is 1.14 bits per heavy atom. The van der Waals surface area contributed by atoms with Gasteiger partial charge in [-0.1, -0.05) is 44.2 Å². The fourth-order valence-corrected chi connectivity index (χ4v) is 4.95. The number of aryl methyl sites for hydroxylation is 1. The number of hydrogen-bond acceptors (Lipinski definition) is 5. The number of phenols is 1. The van der Waals surface area contributed by atoms with E-state index in [2.05, 4.69) is 0 Å². The minimum atomic E-state index is -4.10. The first kappa shape index (κ1) is 23.3. The first-order chi connectivity index (χ1) is 13.5. The molecule has 0 radical (unpaired) electrons. The molecular formula is C21H29FN2O4S. The number of nitrogens with two attached hydrogens (primary N) is 1. The molecule has 0 saturated carbocycles. The number of phenolic OH excluding ortho intramolecular Hbond substituents is 1. The number of rotatable bonds is 9. The van der Waals surface area contributed by atoms with Crippen molar-refractivity contribution in [1.82, 2.24) is 4.31 Å². The van der Waals surface area contributed by atoms with E-state index in [4.69, 9.17) is 5.73 Å². The van der Waals surface area contributed by atoms with Gasteiger partial charge in [-0.05, 0) is 42.5 Å². The molecule has 0 fully saturated rings. The molecule has 160 valence electrons. The Kier molecular flexibility index (Phi) is 7.76. The number of aliphatic hydroxyl groups is 1. The molecule has 6 nitrogen and oxygen atoms in total. The summed E-state index contributed by atoms with van der Waals surface area (Å²) in [6.07, 6.45) is -0.712. The van der Waals surface area contributed by atoms with Gasteiger partial charge in [0.05, 0.1) is 11.0 Å². The quantitative estimate of drug-likeness (QED) is 0.574. The van der Waals surface area contributed by atoms with Gasteiger partial charge in [0, 0.05) is 19.1 Å². The van der Waals surface area contributed by atoms with Crippen LogP contribution in [-0.4, -0.2) is 48.2 Å². The van der Waals surface area contributed by atoms with Crippen molar-refractivity contribution >= 4 is 10.0 Å². The van der Waals surface area contributed by atoms with Gasteiger partial charge in [-0.25, -0.2) is 12.8 Å². The number of aromatic hydroxyl groups is 1. The predicted octanol–water partition coefficient (Wildman–Crippen LogP) is 2.42. The summed E-state index contributed by atoms with van der Waals surface area (Å²) in [5, 5.41) is 20.1. The average molecular weight is 425 g/mol. The second-order valence-corrected chi connectivity index (χ2v) is 9.61. The molecule has 0 amide bonds. The predicted molar refractivity (Wildman–Crippen MR) is 111 cm³/mol. The van der Waals surface area contributed by atoms with E-state index in [1.807, 2.05) is 44.2 Å². The summed E-state index contributed by atoms with van der Waals surface area (Å²) in [5.41, 5.74) is 7.28. The van der Waals surface area contributed by atoms with Crippen molar-refractivity contribution in [2.75, 3.05) is 13.1 Å². The van der Waals surface area contributed by atoms with Crippen LogP contribution >= 0.6 is 0 Å². The zero-order valence-electron chi connectivity index (χ0n) is 16.9. The van der Waals surface area contributed by atoms with Crippen molar-refractivity contribution in [3.63, 3.8) is 0 Å². The Labute approximate surface area is 171 Å². The molecule has 0 spiro atoms. The highest BCUT2D eigenvalue weighted by Crippen LogP contribution is 2.27. The van der Waals surface area contributed by atoms with Gasteiger partial charge in [0.25, 0.3) is 0 Å². The largest absolute Gasteiger partial charge is 0.505 e. The molecule has 2 rings (SSSR count). The number of sulfonamides is 1. The second kappa shape index (κ2) is 9.67. The van der Waals surface area contributed by atoms with Gasteiger partial charge in [0.15, 0.2) is 11.6 Å². The first-order valence-corrected chi connectivity index (χ1v) is 10.9. The van der Waals surface area contributed by atoms with Crippen molar-refractivity contribution in [3.05, 3.63) is 59.4 Å². The molecule has 4 N–H and O–H groups in total. The van der Waals surface area contributed by atoms with Crippen LogP contribution in [-0.2, 0) is 16.4 Å². The zero-order chi connectivity index (χ0) is 21.8. The molecule has 0 heterocycles. The van der Waals surface area contributed by atoms with Gasteiger partial charge in [0.1, 0.15) is 0 Å². The maximum Gasteiger partial charge on any atom is 0.243 e. The number of nitrogens with zero attached hydrogens (tertiary/aromatic N) is 1. The summed E-state index contributed by atoms with van der Waals surface area (Å²) in [6.45, 7) is 5.11. The summed E-state index contributed by atoms with van der Waals surface area (Å²) in [7, 11) is -4.10. The van der Waals surface area contributed by atoms with E-state index < -0.39 is 33.7 Å².